The Morgan fingerprint density at radius 3 is 2.56 bits per heavy atom. The Kier molecular flexibility index (Phi) is 11.0. The summed E-state index contributed by atoms with van der Waals surface area (Å²) in [6.45, 7) is 9.96. The monoisotopic (exact) mass is 485 g/mol. The molecule has 0 radical (unpaired) electrons. The highest BCUT2D eigenvalue weighted by molar-refractivity contribution is 14.0. The van der Waals surface area contributed by atoms with E-state index in [0.29, 0.717) is 6.61 Å². The van der Waals surface area contributed by atoms with Crippen LogP contribution >= 0.6 is 24.0 Å². The standard InChI is InChI=1S/C20H31N5O.HI/c1-5-26-15-19-10-7-6-9-18(19)14-23-20(21-4)22-11-8-12-25-17(3)13-16(2)24-25;/h6-7,9-10,13H,5,8,11-12,14-15H2,1-4H3,(H2,21,22,23);1H. The first-order valence-corrected chi connectivity index (χ1v) is 9.24. The van der Waals surface area contributed by atoms with Gasteiger partial charge in [-0.2, -0.15) is 5.10 Å². The molecule has 1 aromatic carbocycles. The van der Waals surface area contributed by atoms with Gasteiger partial charge < -0.3 is 15.4 Å². The molecule has 0 atom stereocenters. The number of aliphatic imine (C=N–C) groups is 1. The van der Waals surface area contributed by atoms with Gasteiger partial charge in [0, 0.05) is 39.0 Å². The van der Waals surface area contributed by atoms with Crippen molar-refractivity contribution in [2.24, 2.45) is 4.99 Å². The number of aryl methyl sites for hydroxylation is 3. The Morgan fingerprint density at radius 2 is 1.93 bits per heavy atom. The van der Waals surface area contributed by atoms with Crippen LogP contribution in [-0.4, -0.2) is 35.9 Å². The van der Waals surface area contributed by atoms with Gasteiger partial charge in [0.2, 0.25) is 0 Å². The van der Waals surface area contributed by atoms with Crippen molar-refractivity contribution in [2.45, 2.75) is 46.9 Å². The average molecular weight is 485 g/mol. The van der Waals surface area contributed by atoms with Crippen molar-refractivity contribution in [1.29, 1.82) is 0 Å². The Bertz CT molecular complexity index is 714. The fourth-order valence-corrected chi connectivity index (χ4v) is 2.82. The molecular weight excluding hydrogens is 453 g/mol. The van der Waals surface area contributed by atoms with E-state index in [9.17, 15) is 0 Å². The normalized spacial score (nSPS) is 11.2. The quantitative estimate of drug-likeness (QED) is 0.247. The second-order valence-electron chi connectivity index (χ2n) is 6.26. The largest absolute Gasteiger partial charge is 0.377 e. The van der Waals surface area contributed by atoms with Crippen LogP contribution in [-0.2, 0) is 24.4 Å². The highest BCUT2D eigenvalue weighted by atomic mass is 127. The van der Waals surface area contributed by atoms with Gasteiger partial charge >= 0.3 is 0 Å². The lowest BCUT2D eigenvalue weighted by atomic mass is 10.1. The average Bonchev–Trinajstić information content (AvgIpc) is 2.97. The summed E-state index contributed by atoms with van der Waals surface area (Å²) in [4.78, 5) is 4.30. The molecule has 0 saturated carbocycles. The highest BCUT2D eigenvalue weighted by Gasteiger charge is 2.04. The number of rotatable bonds is 9. The van der Waals surface area contributed by atoms with Gasteiger partial charge in [-0.25, -0.2) is 0 Å². The number of hydrogen-bond acceptors (Lipinski definition) is 3. The van der Waals surface area contributed by atoms with Crippen molar-refractivity contribution >= 4 is 29.9 Å². The molecule has 0 aliphatic rings. The van der Waals surface area contributed by atoms with Gasteiger partial charge in [-0.05, 0) is 44.4 Å². The topological polar surface area (TPSA) is 63.5 Å². The number of ether oxygens (including phenoxy) is 1. The number of hydrogen-bond donors (Lipinski definition) is 2. The molecule has 0 saturated heterocycles. The third-order valence-corrected chi connectivity index (χ3v) is 4.19. The summed E-state index contributed by atoms with van der Waals surface area (Å²) in [5, 5.41) is 11.2. The third kappa shape index (κ3) is 7.88. The van der Waals surface area contributed by atoms with E-state index in [1.807, 2.05) is 19.9 Å². The second-order valence-corrected chi connectivity index (χ2v) is 6.26. The number of benzene rings is 1. The van der Waals surface area contributed by atoms with Crippen molar-refractivity contribution in [3.63, 3.8) is 0 Å². The highest BCUT2D eigenvalue weighted by Crippen LogP contribution is 2.10. The van der Waals surface area contributed by atoms with Crippen molar-refractivity contribution in [3.05, 3.63) is 52.8 Å². The number of halogens is 1. The molecule has 2 rings (SSSR count). The summed E-state index contributed by atoms with van der Waals surface area (Å²) in [7, 11) is 1.79. The van der Waals surface area contributed by atoms with Crippen LogP contribution in [0.25, 0.3) is 0 Å². The van der Waals surface area contributed by atoms with Gasteiger partial charge in [0.25, 0.3) is 0 Å². The van der Waals surface area contributed by atoms with Crippen LogP contribution < -0.4 is 10.6 Å². The van der Waals surface area contributed by atoms with Crippen LogP contribution in [0.3, 0.4) is 0 Å². The molecule has 0 spiro atoms. The van der Waals surface area contributed by atoms with Crippen LogP contribution in [0.5, 0.6) is 0 Å². The van der Waals surface area contributed by atoms with Crippen LogP contribution in [0.4, 0.5) is 0 Å². The fraction of sp³-hybridized carbons (Fsp3) is 0.500. The van der Waals surface area contributed by atoms with Crippen molar-refractivity contribution in [3.8, 4) is 0 Å². The molecule has 0 bridgehead atoms. The molecule has 150 valence electrons. The zero-order valence-corrected chi connectivity index (χ0v) is 19.1. The zero-order valence-electron chi connectivity index (χ0n) is 16.8. The van der Waals surface area contributed by atoms with E-state index in [2.05, 4.69) is 56.6 Å². The zero-order chi connectivity index (χ0) is 18.8. The summed E-state index contributed by atoms with van der Waals surface area (Å²) in [5.41, 5.74) is 4.71. The molecule has 0 aliphatic heterocycles. The minimum Gasteiger partial charge on any atom is -0.377 e. The van der Waals surface area contributed by atoms with Gasteiger partial charge in [-0.1, -0.05) is 24.3 Å². The molecule has 1 heterocycles. The van der Waals surface area contributed by atoms with Gasteiger partial charge in [0.1, 0.15) is 0 Å². The maximum absolute atomic E-state index is 5.54. The van der Waals surface area contributed by atoms with Crippen molar-refractivity contribution in [2.75, 3.05) is 20.2 Å². The SMILES string of the molecule is CCOCc1ccccc1CNC(=NC)NCCCn1nc(C)cc1C.I. The summed E-state index contributed by atoms with van der Waals surface area (Å²) >= 11 is 0. The summed E-state index contributed by atoms with van der Waals surface area (Å²) in [6, 6.07) is 10.4. The van der Waals surface area contributed by atoms with E-state index in [1.165, 1.54) is 16.8 Å². The molecule has 6 nitrogen and oxygen atoms in total. The fourth-order valence-electron chi connectivity index (χ4n) is 2.82. The minimum atomic E-state index is 0. The number of nitrogens with one attached hydrogen (secondary N) is 2. The predicted octanol–water partition coefficient (Wildman–Crippen LogP) is 3.41. The van der Waals surface area contributed by atoms with E-state index < -0.39 is 0 Å². The Balaban J connectivity index is 0.00000364. The molecule has 2 aromatic rings. The Morgan fingerprint density at radius 1 is 1.19 bits per heavy atom. The van der Waals surface area contributed by atoms with Crippen molar-refractivity contribution < 1.29 is 4.74 Å². The van der Waals surface area contributed by atoms with Gasteiger partial charge in [0.15, 0.2) is 5.96 Å². The first-order valence-electron chi connectivity index (χ1n) is 9.24. The molecule has 0 unspecified atom stereocenters. The molecule has 27 heavy (non-hydrogen) atoms. The predicted molar refractivity (Wildman–Crippen MR) is 122 cm³/mol. The molecule has 1 aromatic heterocycles. The molecule has 0 aliphatic carbocycles. The molecule has 2 N–H and O–H groups in total. The first kappa shape index (κ1) is 23.4. The Hall–Kier alpha value is -1.61. The number of nitrogens with zero attached hydrogens (tertiary/aromatic N) is 3. The van der Waals surface area contributed by atoms with Crippen molar-refractivity contribution in [1.82, 2.24) is 20.4 Å². The van der Waals surface area contributed by atoms with Gasteiger partial charge in [0.05, 0.1) is 12.3 Å². The smallest absolute Gasteiger partial charge is 0.191 e. The van der Waals surface area contributed by atoms with E-state index in [-0.39, 0.29) is 24.0 Å². The molecule has 7 heteroatoms. The summed E-state index contributed by atoms with van der Waals surface area (Å²) < 4.78 is 7.60. The lowest BCUT2D eigenvalue weighted by molar-refractivity contribution is 0.133. The third-order valence-electron chi connectivity index (χ3n) is 4.19. The number of guanidine groups is 1. The molecule has 0 fully saturated rings. The maximum atomic E-state index is 5.54. The maximum Gasteiger partial charge on any atom is 0.191 e. The van der Waals surface area contributed by atoms with E-state index in [1.54, 1.807) is 7.05 Å². The Labute approximate surface area is 179 Å². The van der Waals surface area contributed by atoms with Gasteiger partial charge in [-0.3, -0.25) is 9.67 Å². The van der Waals surface area contributed by atoms with Crippen LogP contribution in [0.15, 0.2) is 35.3 Å². The van der Waals surface area contributed by atoms with E-state index in [0.717, 1.165) is 44.3 Å². The van der Waals surface area contributed by atoms with Crippen LogP contribution in [0, 0.1) is 13.8 Å². The summed E-state index contributed by atoms with van der Waals surface area (Å²) in [6.07, 6.45) is 0.990. The lowest BCUT2D eigenvalue weighted by Crippen LogP contribution is -2.37. The lowest BCUT2D eigenvalue weighted by Gasteiger charge is -2.14. The van der Waals surface area contributed by atoms with Crippen LogP contribution in [0.1, 0.15) is 35.9 Å². The summed E-state index contributed by atoms with van der Waals surface area (Å²) in [5.74, 6) is 0.810. The molecule has 0 amide bonds. The van der Waals surface area contributed by atoms with Gasteiger partial charge in [-0.15, -0.1) is 24.0 Å². The first-order chi connectivity index (χ1) is 12.6. The molecular formula is C20H32IN5O. The van der Waals surface area contributed by atoms with E-state index in [4.69, 9.17) is 4.74 Å². The minimum absolute atomic E-state index is 0. The van der Waals surface area contributed by atoms with Crippen LogP contribution in [0.2, 0.25) is 0 Å². The number of aromatic nitrogens is 2. The van der Waals surface area contributed by atoms with E-state index >= 15 is 0 Å². The second kappa shape index (κ2) is 12.7.